The summed E-state index contributed by atoms with van der Waals surface area (Å²) in [6.07, 6.45) is 0.374. The van der Waals surface area contributed by atoms with E-state index in [1.54, 1.807) is 12.1 Å². The molecule has 1 aromatic carbocycles. The number of anilines is 2. The van der Waals surface area contributed by atoms with Crippen molar-refractivity contribution in [1.29, 1.82) is 0 Å². The lowest BCUT2D eigenvalue weighted by molar-refractivity contribution is -0.117. The van der Waals surface area contributed by atoms with Gasteiger partial charge in [0, 0.05) is 25.2 Å². The Balaban J connectivity index is 2.23. The van der Waals surface area contributed by atoms with Gasteiger partial charge in [-0.2, -0.15) is 0 Å². The molecule has 1 heterocycles. The van der Waals surface area contributed by atoms with Crippen LogP contribution in [-0.4, -0.2) is 45.3 Å². The highest BCUT2D eigenvalue weighted by Crippen LogP contribution is 2.26. The smallest absolute Gasteiger partial charge is 0.340 e. The van der Waals surface area contributed by atoms with Crippen LogP contribution in [0, 0.1) is 5.41 Å². The molecule has 6 heteroatoms. The molecule has 0 saturated carbocycles. The number of benzene rings is 1. The van der Waals surface area contributed by atoms with Gasteiger partial charge in [0.2, 0.25) is 5.91 Å². The van der Waals surface area contributed by atoms with E-state index in [4.69, 9.17) is 9.47 Å². The van der Waals surface area contributed by atoms with Crippen LogP contribution in [0.2, 0.25) is 0 Å². The van der Waals surface area contributed by atoms with Gasteiger partial charge >= 0.3 is 5.97 Å². The number of hydrogen-bond donors (Lipinski definition) is 1. The Kier molecular flexibility index (Phi) is 5.83. The number of morpholine rings is 1. The number of carbonyl (C=O) groups excluding carboxylic acids is 2. The van der Waals surface area contributed by atoms with E-state index >= 15 is 0 Å². The molecule has 0 atom stereocenters. The van der Waals surface area contributed by atoms with Crippen molar-refractivity contribution >= 4 is 23.3 Å². The first-order chi connectivity index (χ1) is 11.3. The molecule has 1 aliphatic heterocycles. The number of methoxy groups -OCH3 is 1. The van der Waals surface area contributed by atoms with Gasteiger partial charge in [-0.1, -0.05) is 20.8 Å². The Bertz CT molecular complexity index is 602. The highest BCUT2D eigenvalue weighted by molar-refractivity contribution is 6.02. The van der Waals surface area contributed by atoms with Crippen molar-refractivity contribution in [1.82, 2.24) is 0 Å². The van der Waals surface area contributed by atoms with Gasteiger partial charge in [-0.3, -0.25) is 4.79 Å². The fraction of sp³-hybridized carbons (Fsp3) is 0.556. The second-order valence-corrected chi connectivity index (χ2v) is 7.11. The molecular weight excluding hydrogens is 308 g/mol. The lowest BCUT2D eigenvalue weighted by Crippen LogP contribution is -2.36. The fourth-order valence-corrected chi connectivity index (χ4v) is 2.61. The number of hydrogen-bond acceptors (Lipinski definition) is 5. The predicted octanol–water partition coefficient (Wildman–Crippen LogP) is 2.68. The van der Waals surface area contributed by atoms with E-state index < -0.39 is 5.97 Å². The van der Waals surface area contributed by atoms with Gasteiger partial charge in [0.1, 0.15) is 0 Å². The highest BCUT2D eigenvalue weighted by Gasteiger charge is 2.20. The highest BCUT2D eigenvalue weighted by atomic mass is 16.5. The predicted molar refractivity (Wildman–Crippen MR) is 93.5 cm³/mol. The van der Waals surface area contributed by atoms with Crippen molar-refractivity contribution in [2.45, 2.75) is 27.2 Å². The monoisotopic (exact) mass is 334 g/mol. The van der Waals surface area contributed by atoms with Gasteiger partial charge in [0.25, 0.3) is 0 Å². The maximum atomic E-state index is 12.2. The number of esters is 1. The summed E-state index contributed by atoms with van der Waals surface area (Å²) in [7, 11) is 1.34. The SMILES string of the molecule is COC(=O)c1cc(N2CCOCC2)ccc1NC(=O)CC(C)(C)C. The zero-order chi connectivity index (χ0) is 17.7. The topological polar surface area (TPSA) is 67.9 Å². The summed E-state index contributed by atoms with van der Waals surface area (Å²) in [6, 6.07) is 5.44. The zero-order valence-corrected chi connectivity index (χ0v) is 14.8. The lowest BCUT2D eigenvalue weighted by atomic mass is 9.92. The maximum absolute atomic E-state index is 12.2. The number of amides is 1. The molecule has 1 saturated heterocycles. The van der Waals surface area contributed by atoms with E-state index in [2.05, 4.69) is 10.2 Å². The van der Waals surface area contributed by atoms with E-state index in [-0.39, 0.29) is 11.3 Å². The van der Waals surface area contributed by atoms with Gasteiger partial charge in [-0.05, 0) is 23.6 Å². The van der Waals surface area contributed by atoms with Gasteiger partial charge in [0.05, 0.1) is 31.6 Å². The van der Waals surface area contributed by atoms with Crippen LogP contribution in [0.15, 0.2) is 18.2 Å². The van der Waals surface area contributed by atoms with Crippen LogP contribution in [0.1, 0.15) is 37.6 Å². The van der Waals surface area contributed by atoms with Crippen LogP contribution >= 0.6 is 0 Å². The van der Waals surface area contributed by atoms with E-state index in [1.807, 2.05) is 26.8 Å². The summed E-state index contributed by atoms with van der Waals surface area (Å²) < 4.78 is 10.2. The summed E-state index contributed by atoms with van der Waals surface area (Å²) >= 11 is 0. The van der Waals surface area contributed by atoms with Crippen LogP contribution in [0.25, 0.3) is 0 Å². The fourth-order valence-electron chi connectivity index (χ4n) is 2.61. The standard InChI is InChI=1S/C18H26N2O4/c1-18(2,3)12-16(21)19-15-6-5-13(11-14(15)17(22)23-4)20-7-9-24-10-8-20/h5-6,11H,7-10,12H2,1-4H3,(H,19,21). The molecule has 0 spiro atoms. The Morgan fingerprint density at radius 3 is 2.50 bits per heavy atom. The van der Waals surface area contributed by atoms with Crippen LogP contribution in [0.4, 0.5) is 11.4 Å². The van der Waals surface area contributed by atoms with Gasteiger partial charge in [0.15, 0.2) is 0 Å². The average Bonchev–Trinajstić information content (AvgIpc) is 2.53. The van der Waals surface area contributed by atoms with Crippen LogP contribution in [0.3, 0.4) is 0 Å². The van der Waals surface area contributed by atoms with Crippen molar-refractivity contribution in [3.63, 3.8) is 0 Å². The van der Waals surface area contributed by atoms with Gasteiger partial charge in [-0.25, -0.2) is 4.79 Å². The quantitative estimate of drug-likeness (QED) is 0.858. The van der Waals surface area contributed by atoms with Gasteiger partial charge < -0.3 is 19.7 Å². The minimum absolute atomic E-state index is 0.119. The lowest BCUT2D eigenvalue weighted by Gasteiger charge is -2.29. The molecule has 0 aliphatic carbocycles. The summed E-state index contributed by atoms with van der Waals surface area (Å²) in [5.41, 5.74) is 1.65. The zero-order valence-electron chi connectivity index (χ0n) is 14.8. The molecule has 2 rings (SSSR count). The second kappa shape index (κ2) is 7.66. The van der Waals surface area contributed by atoms with Crippen LogP contribution in [-0.2, 0) is 14.3 Å². The van der Waals surface area contributed by atoms with E-state index in [0.29, 0.717) is 30.9 Å². The molecule has 1 amide bonds. The van der Waals surface area contributed by atoms with Crippen molar-refractivity contribution in [3.05, 3.63) is 23.8 Å². The molecule has 0 bridgehead atoms. The third kappa shape index (κ3) is 4.96. The van der Waals surface area contributed by atoms with E-state index in [9.17, 15) is 9.59 Å². The molecule has 0 aromatic heterocycles. The number of ether oxygens (including phenoxy) is 2. The molecule has 1 fully saturated rings. The van der Waals surface area contributed by atoms with E-state index in [1.165, 1.54) is 7.11 Å². The molecule has 24 heavy (non-hydrogen) atoms. The number of rotatable bonds is 4. The minimum atomic E-state index is -0.462. The Labute approximate surface area is 143 Å². The van der Waals surface area contributed by atoms with Crippen molar-refractivity contribution in [2.75, 3.05) is 43.6 Å². The average molecular weight is 334 g/mol. The van der Waals surface area contributed by atoms with Crippen molar-refractivity contribution in [3.8, 4) is 0 Å². The Morgan fingerprint density at radius 1 is 1.25 bits per heavy atom. The summed E-state index contributed by atoms with van der Waals surface area (Å²) in [4.78, 5) is 26.5. The molecule has 132 valence electrons. The third-order valence-corrected chi connectivity index (χ3v) is 3.75. The summed E-state index contributed by atoms with van der Waals surface area (Å²) in [5.74, 6) is -0.581. The molecule has 1 aliphatic rings. The normalized spacial score (nSPS) is 15.1. The number of nitrogens with zero attached hydrogens (tertiary/aromatic N) is 1. The molecule has 0 radical (unpaired) electrons. The number of carbonyl (C=O) groups is 2. The van der Waals surface area contributed by atoms with Crippen LogP contribution < -0.4 is 10.2 Å². The summed E-state index contributed by atoms with van der Waals surface area (Å²) in [5, 5.41) is 2.83. The first-order valence-electron chi connectivity index (χ1n) is 8.15. The van der Waals surface area contributed by atoms with Crippen LogP contribution in [0.5, 0.6) is 0 Å². The van der Waals surface area contributed by atoms with Crippen molar-refractivity contribution in [2.24, 2.45) is 5.41 Å². The Hall–Kier alpha value is -2.08. The van der Waals surface area contributed by atoms with Gasteiger partial charge in [-0.15, -0.1) is 0 Å². The number of nitrogens with one attached hydrogen (secondary N) is 1. The molecule has 1 N–H and O–H groups in total. The van der Waals surface area contributed by atoms with E-state index in [0.717, 1.165) is 18.8 Å². The third-order valence-electron chi connectivity index (χ3n) is 3.75. The minimum Gasteiger partial charge on any atom is -0.465 e. The first kappa shape index (κ1) is 18.3. The Morgan fingerprint density at radius 2 is 1.92 bits per heavy atom. The molecule has 0 unspecified atom stereocenters. The largest absolute Gasteiger partial charge is 0.465 e. The molecule has 6 nitrogen and oxygen atoms in total. The maximum Gasteiger partial charge on any atom is 0.340 e. The molecular formula is C18H26N2O4. The summed E-state index contributed by atoms with van der Waals surface area (Å²) in [6.45, 7) is 8.86. The molecule has 1 aromatic rings. The second-order valence-electron chi connectivity index (χ2n) is 7.11. The van der Waals surface area contributed by atoms with Crippen molar-refractivity contribution < 1.29 is 19.1 Å². The first-order valence-corrected chi connectivity index (χ1v) is 8.15.